The molecule has 0 bridgehead atoms. The Labute approximate surface area is 182 Å². The highest BCUT2D eigenvalue weighted by molar-refractivity contribution is 7.89. The first-order valence-corrected chi connectivity index (χ1v) is 11.3. The van der Waals surface area contributed by atoms with Gasteiger partial charge in [-0.05, 0) is 52.8 Å². The summed E-state index contributed by atoms with van der Waals surface area (Å²) < 4.78 is 37.7. The van der Waals surface area contributed by atoms with Gasteiger partial charge in [0.25, 0.3) is 5.91 Å². The van der Waals surface area contributed by atoms with E-state index in [-0.39, 0.29) is 35.8 Å². The van der Waals surface area contributed by atoms with Crippen molar-refractivity contribution in [2.75, 3.05) is 19.7 Å². The molecule has 1 heterocycles. The molecule has 0 radical (unpaired) electrons. The standard InChI is InChI=1S/C20H29N3O7S/c1-13-10-23(11-14(2)30-13)31(27,28)16-8-6-7-15(9-16)18(25)29-12-17(24)21-19(26)22-20(3,4)5/h6-9,13-14H,10-12H2,1-5H3,(H2,21,22,24,26). The highest BCUT2D eigenvalue weighted by Crippen LogP contribution is 2.22. The number of carbonyl (C=O) groups excluding carboxylic acids is 3. The number of hydrogen-bond donors (Lipinski definition) is 2. The summed E-state index contributed by atoms with van der Waals surface area (Å²) in [5.74, 6) is -1.69. The third-order valence-electron chi connectivity index (χ3n) is 4.17. The fraction of sp³-hybridized carbons (Fsp3) is 0.550. The molecular formula is C20H29N3O7S. The molecule has 11 heteroatoms. The summed E-state index contributed by atoms with van der Waals surface area (Å²) in [6.45, 7) is 8.54. The van der Waals surface area contributed by atoms with E-state index in [2.05, 4.69) is 5.32 Å². The lowest BCUT2D eigenvalue weighted by Gasteiger charge is -2.34. The number of amides is 3. The lowest BCUT2D eigenvalue weighted by atomic mass is 10.1. The van der Waals surface area contributed by atoms with Gasteiger partial charge in [-0.3, -0.25) is 10.1 Å². The number of urea groups is 1. The van der Waals surface area contributed by atoms with E-state index >= 15 is 0 Å². The van der Waals surface area contributed by atoms with Crippen molar-refractivity contribution in [3.63, 3.8) is 0 Å². The van der Waals surface area contributed by atoms with Crippen LogP contribution in [0.25, 0.3) is 0 Å². The number of morpholine rings is 1. The predicted octanol–water partition coefficient (Wildman–Crippen LogP) is 1.27. The number of nitrogens with one attached hydrogen (secondary N) is 2. The van der Waals surface area contributed by atoms with Crippen molar-refractivity contribution in [3.05, 3.63) is 29.8 Å². The Morgan fingerprint density at radius 3 is 2.35 bits per heavy atom. The number of benzene rings is 1. The Morgan fingerprint density at radius 1 is 1.16 bits per heavy atom. The molecule has 3 amide bonds. The molecule has 2 N–H and O–H groups in total. The van der Waals surface area contributed by atoms with Gasteiger partial charge >= 0.3 is 12.0 Å². The minimum atomic E-state index is -3.84. The zero-order valence-electron chi connectivity index (χ0n) is 18.3. The van der Waals surface area contributed by atoms with Gasteiger partial charge in [0, 0.05) is 18.6 Å². The molecule has 0 aliphatic carbocycles. The summed E-state index contributed by atoms with van der Waals surface area (Å²) in [4.78, 5) is 35.7. The lowest BCUT2D eigenvalue weighted by molar-refractivity contribution is -0.123. The molecule has 172 valence electrons. The maximum Gasteiger partial charge on any atom is 0.338 e. The smallest absolute Gasteiger partial charge is 0.338 e. The number of rotatable bonds is 5. The second-order valence-electron chi connectivity index (χ2n) is 8.44. The van der Waals surface area contributed by atoms with E-state index < -0.39 is 40.1 Å². The van der Waals surface area contributed by atoms with Gasteiger partial charge in [0.2, 0.25) is 10.0 Å². The first kappa shape index (κ1) is 24.8. The normalized spacial score (nSPS) is 20.0. The Morgan fingerprint density at radius 2 is 1.77 bits per heavy atom. The number of imide groups is 1. The van der Waals surface area contributed by atoms with Crippen LogP contribution in [-0.4, -0.2) is 68.1 Å². The molecule has 1 fully saturated rings. The summed E-state index contributed by atoms with van der Waals surface area (Å²) in [6.07, 6.45) is -0.499. The minimum Gasteiger partial charge on any atom is -0.452 e. The van der Waals surface area contributed by atoms with Crippen molar-refractivity contribution in [3.8, 4) is 0 Å². The lowest BCUT2D eigenvalue weighted by Crippen LogP contribution is -2.49. The van der Waals surface area contributed by atoms with E-state index in [1.165, 1.54) is 28.6 Å². The molecule has 1 aliphatic rings. The maximum atomic E-state index is 13.0. The molecule has 2 unspecified atom stereocenters. The van der Waals surface area contributed by atoms with Gasteiger partial charge in [0.1, 0.15) is 0 Å². The molecule has 2 rings (SSSR count). The summed E-state index contributed by atoms with van der Waals surface area (Å²) in [7, 11) is -3.84. The molecular weight excluding hydrogens is 426 g/mol. The van der Waals surface area contributed by atoms with Crippen LogP contribution in [-0.2, 0) is 24.3 Å². The summed E-state index contributed by atoms with van der Waals surface area (Å²) in [5, 5.41) is 4.59. The fourth-order valence-electron chi connectivity index (χ4n) is 3.01. The molecule has 1 aromatic carbocycles. The van der Waals surface area contributed by atoms with Crippen molar-refractivity contribution in [2.24, 2.45) is 0 Å². The van der Waals surface area contributed by atoms with Gasteiger partial charge in [-0.2, -0.15) is 4.31 Å². The largest absolute Gasteiger partial charge is 0.452 e. The highest BCUT2D eigenvalue weighted by Gasteiger charge is 2.32. The second kappa shape index (κ2) is 9.75. The maximum absolute atomic E-state index is 13.0. The average molecular weight is 456 g/mol. The van der Waals surface area contributed by atoms with Gasteiger partial charge in [-0.15, -0.1) is 0 Å². The van der Waals surface area contributed by atoms with Crippen molar-refractivity contribution in [1.29, 1.82) is 0 Å². The zero-order valence-corrected chi connectivity index (χ0v) is 19.1. The van der Waals surface area contributed by atoms with E-state index in [0.29, 0.717) is 0 Å². The quantitative estimate of drug-likeness (QED) is 0.639. The molecule has 2 atom stereocenters. The summed E-state index contributed by atoms with van der Waals surface area (Å²) in [6, 6.07) is 4.69. The highest BCUT2D eigenvalue weighted by atomic mass is 32.2. The van der Waals surface area contributed by atoms with Crippen molar-refractivity contribution >= 4 is 27.9 Å². The zero-order chi connectivity index (χ0) is 23.4. The number of nitrogens with zero attached hydrogens (tertiary/aromatic N) is 1. The van der Waals surface area contributed by atoms with Gasteiger partial charge in [-0.25, -0.2) is 18.0 Å². The number of ether oxygens (including phenoxy) is 2. The molecule has 1 aliphatic heterocycles. The predicted molar refractivity (Wildman–Crippen MR) is 112 cm³/mol. The Balaban J connectivity index is 2.02. The van der Waals surface area contributed by atoms with Crippen molar-refractivity contribution < 1.29 is 32.3 Å². The molecule has 0 spiro atoms. The number of sulfonamides is 1. The monoisotopic (exact) mass is 455 g/mol. The summed E-state index contributed by atoms with van der Waals surface area (Å²) in [5.41, 5.74) is -0.564. The minimum absolute atomic E-state index is 0.0256. The van der Waals surface area contributed by atoms with Crippen LogP contribution in [0.4, 0.5) is 4.79 Å². The van der Waals surface area contributed by atoms with Crippen LogP contribution < -0.4 is 10.6 Å². The van der Waals surface area contributed by atoms with Crippen molar-refractivity contribution in [1.82, 2.24) is 14.9 Å². The van der Waals surface area contributed by atoms with E-state index in [1.807, 2.05) is 5.32 Å². The van der Waals surface area contributed by atoms with Gasteiger partial charge in [-0.1, -0.05) is 6.07 Å². The van der Waals surface area contributed by atoms with E-state index in [0.717, 1.165) is 0 Å². The van der Waals surface area contributed by atoms with Gasteiger partial charge < -0.3 is 14.8 Å². The van der Waals surface area contributed by atoms with Crippen LogP contribution in [0.5, 0.6) is 0 Å². The number of carbonyl (C=O) groups is 3. The molecule has 0 saturated carbocycles. The van der Waals surface area contributed by atoms with Crippen molar-refractivity contribution in [2.45, 2.75) is 57.3 Å². The van der Waals surface area contributed by atoms with Crippen LogP contribution in [0.3, 0.4) is 0 Å². The van der Waals surface area contributed by atoms with Gasteiger partial charge in [0.15, 0.2) is 6.61 Å². The third kappa shape index (κ3) is 7.30. The molecule has 1 saturated heterocycles. The van der Waals surface area contributed by atoms with Crippen LogP contribution in [0.15, 0.2) is 29.2 Å². The Bertz CT molecular complexity index is 930. The van der Waals surface area contributed by atoms with E-state index in [9.17, 15) is 22.8 Å². The second-order valence-corrected chi connectivity index (χ2v) is 10.4. The first-order valence-electron chi connectivity index (χ1n) is 9.83. The summed E-state index contributed by atoms with van der Waals surface area (Å²) >= 11 is 0. The molecule has 10 nitrogen and oxygen atoms in total. The van der Waals surface area contributed by atoms with Crippen LogP contribution >= 0.6 is 0 Å². The Hall–Kier alpha value is -2.50. The van der Waals surface area contributed by atoms with Crippen LogP contribution in [0.2, 0.25) is 0 Å². The van der Waals surface area contributed by atoms with E-state index in [4.69, 9.17) is 9.47 Å². The van der Waals surface area contributed by atoms with Gasteiger partial charge in [0.05, 0.1) is 22.7 Å². The molecule has 0 aromatic heterocycles. The number of hydrogen-bond acceptors (Lipinski definition) is 7. The fourth-order valence-corrected chi connectivity index (χ4v) is 4.65. The molecule has 31 heavy (non-hydrogen) atoms. The van der Waals surface area contributed by atoms with Crippen LogP contribution in [0.1, 0.15) is 45.0 Å². The third-order valence-corrected chi connectivity index (χ3v) is 6.00. The average Bonchev–Trinajstić information content (AvgIpc) is 2.63. The SMILES string of the molecule is CC1CN(S(=O)(=O)c2cccc(C(=O)OCC(=O)NC(=O)NC(C)(C)C)c2)CC(C)O1. The Kier molecular flexibility index (Phi) is 7.79. The van der Waals surface area contributed by atoms with E-state index in [1.54, 1.807) is 34.6 Å². The number of esters is 1. The van der Waals surface area contributed by atoms with Crippen LogP contribution in [0, 0.1) is 0 Å². The topological polar surface area (TPSA) is 131 Å². The molecule has 1 aromatic rings. The first-order chi connectivity index (χ1) is 14.3.